The van der Waals surface area contributed by atoms with Gasteiger partial charge < -0.3 is 14.2 Å². The quantitative estimate of drug-likeness (QED) is 0.274. The van der Waals surface area contributed by atoms with Crippen LogP contribution in [0.4, 0.5) is 5.69 Å². The third-order valence-corrected chi connectivity index (χ3v) is 6.22. The minimum absolute atomic E-state index is 0.241. The van der Waals surface area contributed by atoms with Crippen LogP contribution in [-0.2, 0) is 0 Å². The van der Waals surface area contributed by atoms with Gasteiger partial charge in [-0.25, -0.2) is 4.98 Å². The summed E-state index contributed by atoms with van der Waals surface area (Å²) < 4.78 is 12.8. The van der Waals surface area contributed by atoms with Crippen molar-refractivity contribution in [2.75, 3.05) is 5.32 Å². The van der Waals surface area contributed by atoms with Crippen molar-refractivity contribution in [3.05, 3.63) is 93.7 Å². The first-order valence-electron chi connectivity index (χ1n) is 10.5. The average molecular weight is 501 g/mol. The van der Waals surface area contributed by atoms with E-state index < -0.39 is 0 Å². The van der Waals surface area contributed by atoms with Gasteiger partial charge >= 0.3 is 0 Å². The second-order valence-electron chi connectivity index (χ2n) is 8.08. The molecule has 0 aliphatic carbocycles. The molecule has 0 aliphatic heterocycles. The number of fused-ring (bicyclic) bond motifs is 1. The van der Waals surface area contributed by atoms with Crippen LogP contribution in [0.1, 0.15) is 27.2 Å². The molecule has 5 aromatic rings. The Labute approximate surface area is 199 Å². The summed E-state index contributed by atoms with van der Waals surface area (Å²) in [6.45, 7) is 6.04. The number of hydrogen-bond donors (Lipinski definition) is 1. The zero-order chi connectivity index (χ0) is 23.1. The summed E-state index contributed by atoms with van der Waals surface area (Å²) in [5, 5.41) is 2.95. The SMILES string of the molecule is Cc1cc2nc(-c3ccc(C)c(NC(=O)c4ccc(-c5ccc(Br)cc5)o4)c3)oc2cc1C. The normalized spacial score (nSPS) is 11.2. The molecular weight excluding hydrogens is 480 g/mol. The third-order valence-electron chi connectivity index (χ3n) is 5.70. The average Bonchev–Trinajstić information content (AvgIpc) is 3.44. The van der Waals surface area contributed by atoms with Crippen molar-refractivity contribution in [1.82, 2.24) is 4.98 Å². The Morgan fingerprint density at radius 1 is 0.818 bits per heavy atom. The van der Waals surface area contributed by atoms with Crippen LogP contribution in [0.3, 0.4) is 0 Å². The third kappa shape index (κ3) is 4.22. The summed E-state index contributed by atoms with van der Waals surface area (Å²) in [6.07, 6.45) is 0. The monoisotopic (exact) mass is 500 g/mol. The predicted octanol–water partition coefficient (Wildman–Crippen LogP) is 7.69. The summed E-state index contributed by atoms with van der Waals surface area (Å²) in [6, 6.07) is 21.0. The molecule has 33 heavy (non-hydrogen) atoms. The highest BCUT2D eigenvalue weighted by Gasteiger charge is 2.16. The molecule has 0 bridgehead atoms. The van der Waals surface area contributed by atoms with Gasteiger partial charge in [-0.3, -0.25) is 4.79 Å². The van der Waals surface area contributed by atoms with Crippen LogP contribution in [0.2, 0.25) is 0 Å². The molecule has 0 radical (unpaired) electrons. The summed E-state index contributed by atoms with van der Waals surface area (Å²) in [4.78, 5) is 17.5. The number of nitrogens with zero attached hydrogens (tertiary/aromatic N) is 1. The number of amides is 1. The molecule has 0 saturated carbocycles. The minimum atomic E-state index is -0.317. The topological polar surface area (TPSA) is 68.3 Å². The van der Waals surface area contributed by atoms with Crippen LogP contribution in [0.5, 0.6) is 0 Å². The fourth-order valence-electron chi connectivity index (χ4n) is 3.61. The summed E-state index contributed by atoms with van der Waals surface area (Å²) in [7, 11) is 0. The summed E-state index contributed by atoms with van der Waals surface area (Å²) in [5.41, 5.74) is 7.17. The van der Waals surface area contributed by atoms with Crippen molar-refractivity contribution >= 4 is 38.6 Å². The molecular formula is C27H21BrN2O3. The van der Waals surface area contributed by atoms with Crippen LogP contribution in [0, 0.1) is 20.8 Å². The van der Waals surface area contributed by atoms with E-state index in [1.54, 1.807) is 12.1 Å². The molecule has 0 fully saturated rings. The number of rotatable bonds is 4. The largest absolute Gasteiger partial charge is 0.451 e. The highest BCUT2D eigenvalue weighted by molar-refractivity contribution is 9.10. The number of carbonyl (C=O) groups is 1. The maximum Gasteiger partial charge on any atom is 0.291 e. The number of aromatic nitrogens is 1. The molecule has 164 valence electrons. The van der Waals surface area contributed by atoms with Gasteiger partial charge in [0.1, 0.15) is 11.3 Å². The molecule has 5 nitrogen and oxygen atoms in total. The number of furan rings is 1. The number of aryl methyl sites for hydroxylation is 3. The molecule has 0 atom stereocenters. The number of carbonyl (C=O) groups excluding carboxylic acids is 1. The van der Waals surface area contributed by atoms with Crippen LogP contribution in [0.15, 0.2) is 80.0 Å². The Kier molecular flexibility index (Phi) is 5.38. The van der Waals surface area contributed by atoms with Crippen LogP contribution >= 0.6 is 15.9 Å². The zero-order valence-electron chi connectivity index (χ0n) is 18.4. The molecule has 1 amide bonds. The van der Waals surface area contributed by atoms with Crippen molar-refractivity contribution in [2.24, 2.45) is 0 Å². The molecule has 3 aromatic carbocycles. The molecule has 5 rings (SSSR count). The molecule has 0 saturated heterocycles. The molecule has 0 aliphatic rings. The first-order valence-corrected chi connectivity index (χ1v) is 11.3. The van der Waals surface area contributed by atoms with E-state index in [4.69, 9.17) is 8.83 Å². The van der Waals surface area contributed by atoms with E-state index in [-0.39, 0.29) is 11.7 Å². The molecule has 2 aromatic heterocycles. The summed E-state index contributed by atoms with van der Waals surface area (Å²) >= 11 is 3.42. The predicted molar refractivity (Wildman–Crippen MR) is 133 cm³/mol. The van der Waals surface area contributed by atoms with E-state index in [1.165, 1.54) is 5.56 Å². The number of oxazole rings is 1. The van der Waals surface area contributed by atoms with Gasteiger partial charge in [-0.05, 0) is 86.0 Å². The Morgan fingerprint density at radius 2 is 1.55 bits per heavy atom. The maximum absolute atomic E-state index is 12.9. The highest BCUT2D eigenvalue weighted by Crippen LogP contribution is 2.30. The number of anilines is 1. The fourth-order valence-corrected chi connectivity index (χ4v) is 3.87. The van der Waals surface area contributed by atoms with E-state index in [9.17, 15) is 4.79 Å². The lowest BCUT2D eigenvalue weighted by molar-refractivity contribution is 0.0997. The van der Waals surface area contributed by atoms with E-state index in [0.717, 1.165) is 37.8 Å². The summed E-state index contributed by atoms with van der Waals surface area (Å²) in [5.74, 6) is 1.07. The van der Waals surface area contributed by atoms with Crippen molar-refractivity contribution in [1.29, 1.82) is 0 Å². The number of benzene rings is 3. The smallest absolute Gasteiger partial charge is 0.291 e. The van der Waals surface area contributed by atoms with Crippen LogP contribution in [-0.4, -0.2) is 10.9 Å². The van der Waals surface area contributed by atoms with Crippen LogP contribution < -0.4 is 5.32 Å². The molecule has 2 heterocycles. The standard InChI is InChI=1S/C27H21BrN2O3/c1-15-4-5-19(27-30-22-12-16(2)17(3)13-25(22)33-27)14-21(15)29-26(31)24-11-10-23(32-24)18-6-8-20(28)9-7-18/h4-14H,1-3H3,(H,29,31). The number of hydrogen-bond acceptors (Lipinski definition) is 4. The fraction of sp³-hybridized carbons (Fsp3) is 0.111. The van der Waals surface area contributed by atoms with E-state index in [0.29, 0.717) is 17.3 Å². The van der Waals surface area contributed by atoms with Gasteiger partial charge in [-0.15, -0.1) is 0 Å². The van der Waals surface area contributed by atoms with E-state index >= 15 is 0 Å². The lowest BCUT2D eigenvalue weighted by Gasteiger charge is -2.08. The van der Waals surface area contributed by atoms with E-state index in [2.05, 4.69) is 33.2 Å². The second-order valence-corrected chi connectivity index (χ2v) is 8.99. The van der Waals surface area contributed by atoms with Crippen molar-refractivity contribution < 1.29 is 13.6 Å². The van der Waals surface area contributed by atoms with Crippen molar-refractivity contribution in [3.8, 4) is 22.8 Å². The van der Waals surface area contributed by atoms with Gasteiger partial charge in [-0.1, -0.05) is 34.1 Å². The van der Waals surface area contributed by atoms with Gasteiger partial charge in [0.2, 0.25) is 5.89 Å². The maximum atomic E-state index is 12.9. The van der Waals surface area contributed by atoms with Gasteiger partial charge in [-0.2, -0.15) is 0 Å². The first-order chi connectivity index (χ1) is 15.9. The number of nitrogens with one attached hydrogen (secondary N) is 1. The molecule has 6 heteroatoms. The van der Waals surface area contributed by atoms with Gasteiger partial charge in [0, 0.05) is 21.3 Å². The Bertz CT molecular complexity index is 1460. The zero-order valence-corrected chi connectivity index (χ0v) is 20.0. The lowest BCUT2D eigenvalue weighted by Crippen LogP contribution is -2.11. The van der Waals surface area contributed by atoms with E-state index in [1.807, 2.05) is 68.4 Å². The van der Waals surface area contributed by atoms with Gasteiger partial charge in [0.25, 0.3) is 5.91 Å². The first kappa shape index (κ1) is 21.2. The lowest BCUT2D eigenvalue weighted by atomic mass is 10.1. The van der Waals surface area contributed by atoms with Crippen LogP contribution in [0.25, 0.3) is 33.9 Å². The van der Waals surface area contributed by atoms with Gasteiger partial charge in [0.05, 0.1) is 0 Å². The van der Waals surface area contributed by atoms with Gasteiger partial charge in [0.15, 0.2) is 11.3 Å². The molecule has 0 unspecified atom stereocenters. The van der Waals surface area contributed by atoms with Crippen molar-refractivity contribution in [2.45, 2.75) is 20.8 Å². The molecule has 1 N–H and O–H groups in total. The highest BCUT2D eigenvalue weighted by atomic mass is 79.9. The Balaban J connectivity index is 1.41. The van der Waals surface area contributed by atoms with Crippen molar-refractivity contribution in [3.63, 3.8) is 0 Å². The second kappa shape index (κ2) is 8.37. The molecule has 0 spiro atoms. The Morgan fingerprint density at radius 3 is 2.33 bits per heavy atom. The minimum Gasteiger partial charge on any atom is -0.451 e. The number of halogens is 1. The Hall–Kier alpha value is -3.64.